The predicted molar refractivity (Wildman–Crippen MR) is 96.7 cm³/mol. The molecule has 0 aliphatic rings. The Balaban J connectivity index is 4.06. The van der Waals surface area contributed by atoms with Crippen LogP contribution in [0, 0.1) is 5.92 Å². The summed E-state index contributed by atoms with van der Waals surface area (Å²) in [6.07, 6.45) is 11.5. The van der Waals surface area contributed by atoms with Crippen molar-refractivity contribution >= 4 is 11.7 Å². The number of carbonyl (C=O) groups is 1. The number of nitrogens with zero attached hydrogens (tertiary/aromatic N) is 1. The largest absolute Gasteiger partial charge is 0.462 e. The molecule has 0 bridgehead atoms. The van der Waals surface area contributed by atoms with Crippen LogP contribution in [0.1, 0.15) is 91.9 Å². The first-order chi connectivity index (χ1) is 11.1. The normalized spacial score (nSPS) is 10.7. The molecule has 0 fully saturated rings. The van der Waals surface area contributed by atoms with Gasteiger partial charge in [0, 0.05) is 0 Å². The summed E-state index contributed by atoms with van der Waals surface area (Å²) in [5, 5.41) is 3.83. The third-order valence-corrected chi connectivity index (χ3v) is 3.81. The van der Waals surface area contributed by atoms with E-state index in [9.17, 15) is 4.79 Å². The lowest BCUT2D eigenvalue weighted by Gasteiger charge is -2.16. The van der Waals surface area contributed by atoms with Crippen molar-refractivity contribution in [1.82, 2.24) is 0 Å². The summed E-state index contributed by atoms with van der Waals surface area (Å²) in [7, 11) is 0. The van der Waals surface area contributed by atoms with E-state index in [1.54, 1.807) is 0 Å². The first-order valence-corrected chi connectivity index (χ1v) is 9.41. The van der Waals surface area contributed by atoms with Crippen molar-refractivity contribution in [3.8, 4) is 0 Å². The summed E-state index contributed by atoms with van der Waals surface area (Å²) < 4.78 is 5.37. The van der Waals surface area contributed by atoms with Crippen molar-refractivity contribution < 1.29 is 14.4 Å². The van der Waals surface area contributed by atoms with Gasteiger partial charge < -0.3 is 9.57 Å². The van der Waals surface area contributed by atoms with E-state index in [4.69, 9.17) is 9.57 Å². The Morgan fingerprint density at radius 3 is 1.91 bits per heavy atom. The first kappa shape index (κ1) is 21.9. The summed E-state index contributed by atoms with van der Waals surface area (Å²) in [5.41, 5.74) is 0.862. The van der Waals surface area contributed by atoms with Crippen LogP contribution in [0.25, 0.3) is 0 Å². The second-order valence-corrected chi connectivity index (χ2v) is 6.43. The van der Waals surface area contributed by atoms with E-state index in [2.05, 4.69) is 19.0 Å². The molecule has 4 heteroatoms. The molecular weight excluding hydrogens is 290 g/mol. The molecular formula is C19H37NO3. The molecule has 0 aliphatic carbocycles. The number of rotatable bonds is 15. The number of hydrogen-bond donors (Lipinski definition) is 0. The van der Waals surface area contributed by atoms with Crippen LogP contribution in [0.3, 0.4) is 0 Å². The zero-order valence-corrected chi connectivity index (χ0v) is 15.7. The van der Waals surface area contributed by atoms with Crippen molar-refractivity contribution in [3.63, 3.8) is 0 Å². The van der Waals surface area contributed by atoms with Gasteiger partial charge in [0.2, 0.25) is 0 Å². The molecule has 0 spiro atoms. The SMILES string of the molecule is CCCCCCC(CCCCCC)C(=O)OCCON=C(C)C. The van der Waals surface area contributed by atoms with Gasteiger partial charge in [-0.15, -0.1) is 0 Å². The summed E-state index contributed by atoms with van der Waals surface area (Å²) in [5.74, 6) is -0.000998. The summed E-state index contributed by atoms with van der Waals surface area (Å²) in [6, 6.07) is 0. The minimum Gasteiger partial charge on any atom is -0.462 e. The fourth-order valence-electron chi connectivity index (χ4n) is 2.49. The summed E-state index contributed by atoms with van der Waals surface area (Å²) in [6.45, 7) is 8.77. The summed E-state index contributed by atoms with van der Waals surface area (Å²) in [4.78, 5) is 17.3. The van der Waals surface area contributed by atoms with Gasteiger partial charge in [-0.3, -0.25) is 4.79 Å². The number of hydrogen-bond acceptors (Lipinski definition) is 4. The standard InChI is InChI=1S/C19H37NO3/c1-5-7-9-11-13-18(14-12-10-8-6-2)19(21)22-15-16-23-20-17(3)4/h18H,5-16H2,1-4H3. The van der Waals surface area contributed by atoms with Crippen LogP contribution in [-0.2, 0) is 14.4 Å². The maximum Gasteiger partial charge on any atom is 0.309 e. The highest BCUT2D eigenvalue weighted by molar-refractivity contribution is 5.78. The minimum absolute atomic E-state index is 0.0557. The third kappa shape index (κ3) is 14.3. The molecule has 0 atom stereocenters. The van der Waals surface area contributed by atoms with Gasteiger partial charge in [-0.25, -0.2) is 0 Å². The second-order valence-electron chi connectivity index (χ2n) is 6.43. The molecule has 136 valence electrons. The molecule has 4 nitrogen and oxygen atoms in total. The lowest BCUT2D eigenvalue weighted by Crippen LogP contribution is -2.20. The van der Waals surface area contributed by atoms with Gasteiger partial charge in [-0.1, -0.05) is 70.4 Å². The van der Waals surface area contributed by atoms with Crippen LogP contribution in [-0.4, -0.2) is 24.9 Å². The van der Waals surface area contributed by atoms with Crippen LogP contribution in [0.4, 0.5) is 0 Å². The van der Waals surface area contributed by atoms with Gasteiger partial charge in [-0.2, -0.15) is 0 Å². The molecule has 0 N–H and O–H groups in total. The molecule has 0 amide bonds. The van der Waals surface area contributed by atoms with Crippen LogP contribution < -0.4 is 0 Å². The van der Waals surface area contributed by atoms with E-state index in [1.807, 2.05) is 13.8 Å². The Morgan fingerprint density at radius 1 is 0.870 bits per heavy atom. The first-order valence-electron chi connectivity index (χ1n) is 9.41. The molecule has 0 aliphatic heterocycles. The molecule has 0 aromatic heterocycles. The highest BCUT2D eigenvalue weighted by atomic mass is 16.6. The molecule has 0 rings (SSSR count). The number of unbranched alkanes of at least 4 members (excludes halogenated alkanes) is 6. The van der Waals surface area contributed by atoms with Crippen LogP contribution in [0.15, 0.2) is 5.16 Å². The zero-order chi connectivity index (χ0) is 17.3. The van der Waals surface area contributed by atoms with E-state index in [1.165, 1.54) is 38.5 Å². The number of carbonyl (C=O) groups excluding carboxylic acids is 1. The van der Waals surface area contributed by atoms with Gasteiger partial charge in [0.15, 0.2) is 6.61 Å². The van der Waals surface area contributed by atoms with E-state index in [-0.39, 0.29) is 18.5 Å². The van der Waals surface area contributed by atoms with E-state index >= 15 is 0 Å². The van der Waals surface area contributed by atoms with Crippen LogP contribution in [0.2, 0.25) is 0 Å². The average molecular weight is 328 g/mol. The van der Waals surface area contributed by atoms with Crippen LogP contribution >= 0.6 is 0 Å². The van der Waals surface area contributed by atoms with Crippen molar-refractivity contribution in [2.45, 2.75) is 91.9 Å². The maximum atomic E-state index is 12.3. The highest BCUT2D eigenvalue weighted by Gasteiger charge is 2.19. The monoisotopic (exact) mass is 327 g/mol. The number of ether oxygens (including phenoxy) is 1. The zero-order valence-electron chi connectivity index (χ0n) is 15.7. The second kappa shape index (κ2) is 15.8. The summed E-state index contributed by atoms with van der Waals surface area (Å²) >= 11 is 0. The minimum atomic E-state index is -0.0567. The number of oxime groups is 1. The molecule has 23 heavy (non-hydrogen) atoms. The van der Waals surface area contributed by atoms with E-state index in [0.717, 1.165) is 31.4 Å². The Labute approximate surface area is 143 Å². The Hall–Kier alpha value is -1.06. The van der Waals surface area contributed by atoms with Crippen molar-refractivity contribution in [3.05, 3.63) is 0 Å². The predicted octanol–water partition coefficient (Wildman–Crippen LogP) is 5.50. The third-order valence-electron chi connectivity index (χ3n) is 3.81. The average Bonchev–Trinajstić information content (AvgIpc) is 2.52. The molecule has 0 aromatic rings. The van der Waals surface area contributed by atoms with Gasteiger partial charge >= 0.3 is 5.97 Å². The Kier molecular flexibility index (Phi) is 15.1. The van der Waals surface area contributed by atoms with Crippen molar-refractivity contribution in [1.29, 1.82) is 0 Å². The molecule has 0 aromatic carbocycles. The van der Waals surface area contributed by atoms with Gasteiger partial charge in [0.25, 0.3) is 0 Å². The number of esters is 1. The highest BCUT2D eigenvalue weighted by Crippen LogP contribution is 2.20. The molecule has 0 radical (unpaired) electrons. The lowest BCUT2D eigenvalue weighted by atomic mass is 9.94. The molecule has 0 heterocycles. The van der Waals surface area contributed by atoms with Crippen LogP contribution in [0.5, 0.6) is 0 Å². The molecule has 0 saturated carbocycles. The fraction of sp³-hybridized carbons (Fsp3) is 0.895. The smallest absolute Gasteiger partial charge is 0.309 e. The molecule has 0 unspecified atom stereocenters. The fourth-order valence-corrected chi connectivity index (χ4v) is 2.49. The Morgan fingerprint density at radius 2 is 1.43 bits per heavy atom. The van der Waals surface area contributed by atoms with Gasteiger partial charge in [-0.05, 0) is 26.7 Å². The lowest BCUT2D eigenvalue weighted by molar-refractivity contribution is -0.150. The topological polar surface area (TPSA) is 47.9 Å². The maximum absolute atomic E-state index is 12.3. The molecule has 0 saturated heterocycles. The van der Waals surface area contributed by atoms with E-state index in [0.29, 0.717) is 6.61 Å². The Bertz CT molecular complexity index is 300. The quantitative estimate of drug-likeness (QED) is 0.173. The van der Waals surface area contributed by atoms with Crippen molar-refractivity contribution in [2.75, 3.05) is 13.2 Å². The van der Waals surface area contributed by atoms with E-state index < -0.39 is 0 Å². The van der Waals surface area contributed by atoms with Gasteiger partial charge in [0.1, 0.15) is 6.61 Å². The van der Waals surface area contributed by atoms with Gasteiger partial charge in [0.05, 0.1) is 11.6 Å². The van der Waals surface area contributed by atoms with Crippen molar-refractivity contribution in [2.24, 2.45) is 11.1 Å².